The zero-order valence-corrected chi connectivity index (χ0v) is 16.0. The fourth-order valence-corrected chi connectivity index (χ4v) is 3.00. The van der Waals surface area contributed by atoms with Crippen LogP contribution in [0, 0.1) is 0 Å². The predicted molar refractivity (Wildman–Crippen MR) is 101 cm³/mol. The third-order valence-electron chi connectivity index (χ3n) is 4.73. The Hall–Kier alpha value is -3.09. The first-order valence-corrected chi connectivity index (χ1v) is 9.20. The molecule has 1 saturated heterocycles. The number of para-hydroxylation sites is 1. The molecule has 0 radical (unpaired) electrons. The van der Waals surface area contributed by atoms with Crippen LogP contribution in [0.5, 0.6) is 23.0 Å². The molecule has 0 aromatic heterocycles. The number of ether oxygens (including phenoxy) is 3. The molecule has 0 aliphatic carbocycles. The summed E-state index contributed by atoms with van der Waals surface area (Å²) in [6, 6.07) is 7.54. The molecule has 2 aromatic rings. The highest BCUT2D eigenvalue weighted by atomic mass is 16.7. The molecule has 11 heteroatoms. The van der Waals surface area contributed by atoms with E-state index in [0.29, 0.717) is 0 Å². The largest absolute Gasteiger partial charge is 0.508 e. The van der Waals surface area contributed by atoms with Gasteiger partial charge in [0.05, 0.1) is 6.61 Å². The van der Waals surface area contributed by atoms with Gasteiger partial charge in [0.1, 0.15) is 48.1 Å². The van der Waals surface area contributed by atoms with Crippen LogP contribution in [-0.4, -0.2) is 79.0 Å². The summed E-state index contributed by atoms with van der Waals surface area (Å²) in [6.45, 7) is -1.08. The molecule has 5 atom stereocenters. The Morgan fingerprint density at radius 3 is 2.45 bits per heavy atom. The average Bonchev–Trinajstić information content (AvgIpc) is 2.75. The zero-order chi connectivity index (χ0) is 22.7. The second kappa shape index (κ2) is 9.37. The van der Waals surface area contributed by atoms with E-state index < -0.39 is 61.4 Å². The first kappa shape index (κ1) is 22.6. The molecular weight excluding hydrogens is 416 g/mol. The third kappa shape index (κ3) is 4.81. The summed E-state index contributed by atoms with van der Waals surface area (Å²) in [6.07, 6.45) is -7.54. The minimum absolute atomic E-state index is 0.00932. The van der Waals surface area contributed by atoms with Crippen molar-refractivity contribution in [2.45, 2.75) is 37.3 Å². The zero-order valence-electron chi connectivity index (χ0n) is 16.0. The number of hydrogen-bond donors (Lipinski definition) is 7. The Kier molecular flexibility index (Phi) is 6.83. The molecule has 0 spiro atoms. The topological polar surface area (TPSA) is 186 Å². The maximum Gasteiger partial charge on any atom is 0.342 e. The fraction of sp³-hybridized carbons (Fsp3) is 0.350. The molecule has 0 unspecified atom stereocenters. The van der Waals surface area contributed by atoms with E-state index in [2.05, 4.69) is 0 Å². The number of aliphatic hydroxyl groups is 4. The summed E-state index contributed by atoms with van der Waals surface area (Å²) in [5, 5.41) is 68.2. The molecule has 1 aliphatic heterocycles. The summed E-state index contributed by atoms with van der Waals surface area (Å²) in [5.41, 5.74) is -0.137. The maximum atomic E-state index is 12.2. The number of aliphatic hydroxyl groups excluding tert-OH is 4. The monoisotopic (exact) mass is 438 g/mol. The number of aromatic hydroxyl groups is 3. The van der Waals surface area contributed by atoms with Gasteiger partial charge in [0, 0.05) is 5.56 Å². The van der Waals surface area contributed by atoms with E-state index in [1.807, 2.05) is 0 Å². The number of rotatable bonds is 6. The van der Waals surface area contributed by atoms with E-state index in [-0.39, 0.29) is 22.6 Å². The summed E-state index contributed by atoms with van der Waals surface area (Å²) in [4.78, 5) is 12.2. The summed E-state index contributed by atoms with van der Waals surface area (Å²) < 4.78 is 15.9. The molecule has 3 rings (SSSR count). The number of benzene rings is 2. The Labute approximate surface area is 175 Å². The molecule has 0 amide bonds. The van der Waals surface area contributed by atoms with Crippen molar-refractivity contribution >= 4 is 5.97 Å². The van der Waals surface area contributed by atoms with E-state index in [4.69, 9.17) is 14.2 Å². The van der Waals surface area contributed by atoms with Crippen molar-refractivity contribution in [1.29, 1.82) is 0 Å². The first-order valence-electron chi connectivity index (χ1n) is 9.20. The van der Waals surface area contributed by atoms with Crippen LogP contribution in [0.15, 0.2) is 36.4 Å². The smallest absolute Gasteiger partial charge is 0.342 e. The van der Waals surface area contributed by atoms with Crippen LogP contribution >= 0.6 is 0 Å². The van der Waals surface area contributed by atoms with Gasteiger partial charge in [-0.2, -0.15) is 0 Å². The Morgan fingerprint density at radius 2 is 1.74 bits per heavy atom. The number of phenolic OH excluding ortho intramolecular Hbond substituents is 3. The number of carbonyl (C=O) groups excluding carboxylic acids is 1. The molecule has 1 fully saturated rings. The summed E-state index contributed by atoms with van der Waals surface area (Å²) >= 11 is 0. The van der Waals surface area contributed by atoms with Crippen LogP contribution in [0.25, 0.3) is 0 Å². The van der Waals surface area contributed by atoms with E-state index in [9.17, 15) is 40.5 Å². The predicted octanol–water partition coefficient (Wildman–Crippen LogP) is -0.661. The molecule has 31 heavy (non-hydrogen) atoms. The first-order chi connectivity index (χ1) is 14.7. The van der Waals surface area contributed by atoms with Crippen molar-refractivity contribution in [3.63, 3.8) is 0 Å². The van der Waals surface area contributed by atoms with Gasteiger partial charge in [-0.3, -0.25) is 0 Å². The number of esters is 1. The third-order valence-corrected chi connectivity index (χ3v) is 4.73. The van der Waals surface area contributed by atoms with Gasteiger partial charge < -0.3 is 50.0 Å². The summed E-state index contributed by atoms with van der Waals surface area (Å²) in [5.74, 6) is -2.29. The standard InChI is InChI=1S/C20H22O11/c21-7-14-16(25)17(26)18(27)20(31-14)30-13-5-4-10(22)6-9(13)8-29-19(28)11-2-1-3-12(23)15(11)24/h1-6,14,16-18,20-27H,7-8H2/t14-,16+,17+,18-,20+/m0/s1. The quantitative estimate of drug-likeness (QED) is 0.224. The van der Waals surface area contributed by atoms with Crippen molar-refractivity contribution < 1.29 is 54.8 Å². The van der Waals surface area contributed by atoms with Crippen molar-refractivity contribution in [2.24, 2.45) is 0 Å². The highest BCUT2D eigenvalue weighted by Crippen LogP contribution is 2.31. The van der Waals surface area contributed by atoms with E-state index in [1.54, 1.807) is 0 Å². The summed E-state index contributed by atoms with van der Waals surface area (Å²) in [7, 11) is 0. The van der Waals surface area contributed by atoms with Crippen molar-refractivity contribution in [2.75, 3.05) is 6.61 Å². The van der Waals surface area contributed by atoms with Crippen LogP contribution in [0.3, 0.4) is 0 Å². The van der Waals surface area contributed by atoms with Crippen LogP contribution in [0.2, 0.25) is 0 Å². The van der Waals surface area contributed by atoms with Crippen molar-refractivity contribution in [1.82, 2.24) is 0 Å². The lowest BCUT2D eigenvalue weighted by Crippen LogP contribution is -2.60. The number of carbonyl (C=O) groups is 1. The minimum Gasteiger partial charge on any atom is -0.508 e. The van der Waals surface area contributed by atoms with Crippen LogP contribution in [-0.2, 0) is 16.1 Å². The highest BCUT2D eigenvalue weighted by Gasteiger charge is 2.44. The lowest BCUT2D eigenvalue weighted by atomic mass is 9.99. The molecule has 1 heterocycles. The van der Waals surface area contributed by atoms with E-state index in [1.165, 1.54) is 36.4 Å². The van der Waals surface area contributed by atoms with Gasteiger partial charge in [-0.25, -0.2) is 4.79 Å². The lowest BCUT2D eigenvalue weighted by molar-refractivity contribution is -0.277. The van der Waals surface area contributed by atoms with Crippen LogP contribution in [0.4, 0.5) is 0 Å². The molecule has 0 bridgehead atoms. The van der Waals surface area contributed by atoms with Gasteiger partial charge in [0.15, 0.2) is 11.5 Å². The molecule has 11 nitrogen and oxygen atoms in total. The number of phenols is 3. The van der Waals surface area contributed by atoms with Gasteiger partial charge in [0.25, 0.3) is 0 Å². The Bertz CT molecular complexity index is 929. The molecule has 168 valence electrons. The van der Waals surface area contributed by atoms with Gasteiger partial charge in [-0.15, -0.1) is 0 Å². The second-order valence-electron chi connectivity index (χ2n) is 6.86. The van der Waals surface area contributed by atoms with Gasteiger partial charge >= 0.3 is 5.97 Å². The second-order valence-corrected chi connectivity index (χ2v) is 6.86. The lowest BCUT2D eigenvalue weighted by Gasteiger charge is -2.39. The number of hydrogen-bond acceptors (Lipinski definition) is 11. The SMILES string of the molecule is O=C(OCc1cc(O)ccc1O[C@@H]1O[C@@H](CO)[C@@H](O)[C@@H](O)[C@@H]1O)c1cccc(O)c1O. The highest BCUT2D eigenvalue weighted by molar-refractivity contribution is 5.93. The Morgan fingerprint density at radius 1 is 1.00 bits per heavy atom. The van der Waals surface area contributed by atoms with Crippen molar-refractivity contribution in [3.05, 3.63) is 47.5 Å². The molecule has 7 N–H and O–H groups in total. The van der Waals surface area contributed by atoms with Crippen LogP contribution < -0.4 is 4.74 Å². The Balaban J connectivity index is 1.76. The van der Waals surface area contributed by atoms with E-state index >= 15 is 0 Å². The molecule has 0 saturated carbocycles. The normalized spacial score (nSPS) is 25.7. The van der Waals surface area contributed by atoms with Crippen LogP contribution in [0.1, 0.15) is 15.9 Å². The average molecular weight is 438 g/mol. The van der Waals surface area contributed by atoms with Gasteiger partial charge in [-0.1, -0.05) is 6.07 Å². The maximum absolute atomic E-state index is 12.2. The minimum atomic E-state index is -1.66. The molecule has 1 aliphatic rings. The molecular formula is C20H22O11. The van der Waals surface area contributed by atoms with E-state index in [0.717, 1.165) is 0 Å². The van der Waals surface area contributed by atoms with Crippen molar-refractivity contribution in [3.8, 4) is 23.0 Å². The molecule has 2 aromatic carbocycles. The van der Waals surface area contributed by atoms with Gasteiger partial charge in [-0.05, 0) is 30.3 Å². The van der Waals surface area contributed by atoms with Gasteiger partial charge in [0.2, 0.25) is 6.29 Å². The fourth-order valence-electron chi connectivity index (χ4n) is 3.00.